The van der Waals surface area contributed by atoms with Crippen molar-refractivity contribution in [1.29, 1.82) is 0 Å². The van der Waals surface area contributed by atoms with E-state index in [2.05, 4.69) is 25.6 Å². The molecular formula is C18H16F6N6. The summed E-state index contributed by atoms with van der Waals surface area (Å²) in [5.74, 6) is -1.28. The molecule has 0 atom stereocenters. The lowest BCUT2D eigenvalue weighted by Crippen LogP contribution is -2.21. The molecule has 0 aliphatic heterocycles. The lowest BCUT2D eigenvalue weighted by Gasteiger charge is -2.18. The molecular weight excluding hydrogens is 414 g/mol. The van der Waals surface area contributed by atoms with Crippen molar-refractivity contribution >= 4 is 28.5 Å². The van der Waals surface area contributed by atoms with Gasteiger partial charge in [0, 0.05) is 23.3 Å². The zero-order chi connectivity index (χ0) is 21.7. The standard InChI is InChI=1S/C18H16F6N6/c1-17(2-3-17)29-14-11(18(22,23)24)6-26-16(28-14)27-12-7-30(8-13(20)21)15-10(12)4-9(19)5-25-15/h4-7,13H,2-3,8H2,1H3,(H2,26,27,28,29). The summed E-state index contributed by atoms with van der Waals surface area (Å²) >= 11 is 0. The van der Waals surface area contributed by atoms with Gasteiger partial charge in [0.15, 0.2) is 0 Å². The number of hydrogen-bond donors (Lipinski definition) is 2. The molecule has 3 aromatic rings. The molecule has 1 fully saturated rings. The van der Waals surface area contributed by atoms with Crippen molar-refractivity contribution in [3.05, 3.63) is 36.0 Å². The largest absolute Gasteiger partial charge is 0.421 e. The van der Waals surface area contributed by atoms with Crippen molar-refractivity contribution in [3.63, 3.8) is 0 Å². The van der Waals surface area contributed by atoms with Crippen LogP contribution in [0.15, 0.2) is 24.7 Å². The second-order valence-corrected chi connectivity index (χ2v) is 7.38. The van der Waals surface area contributed by atoms with Crippen molar-refractivity contribution in [2.24, 2.45) is 0 Å². The molecule has 0 amide bonds. The highest BCUT2D eigenvalue weighted by molar-refractivity contribution is 5.92. The fourth-order valence-corrected chi connectivity index (χ4v) is 3.00. The average Bonchev–Trinajstić information content (AvgIpc) is 3.27. The van der Waals surface area contributed by atoms with Gasteiger partial charge in [0.1, 0.15) is 22.8 Å². The first-order chi connectivity index (χ1) is 14.0. The lowest BCUT2D eigenvalue weighted by molar-refractivity contribution is -0.137. The Kier molecular flexibility index (Phi) is 4.74. The van der Waals surface area contributed by atoms with Crippen LogP contribution in [0.3, 0.4) is 0 Å². The predicted octanol–water partition coefficient (Wildman–Crippen LogP) is 4.96. The number of nitrogens with one attached hydrogen (secondary N) is 2. The highest BCUT2D eigenvalue weighted by Crippen LogP contribution is 2.41. The van der Waals surface area contributed by atoms with Crippen LogP contribution in [0.1, 0.15) is 25.3 Å². The third kappa shape index (κ3) is 4.12. The highest BCUT2D eigenvalue weighted by atomic mass is 19.4. The highest BCUT2D eigenvalue weighted by Gasteiger charge is 2.42. The van der Waals surface area contributed by atoms with Crippen LogP contribution in [-0.2, 0) is 12.7 Å². The van der Waals surface area contributed by atoms with Crippen molar-refractivity contribution in [2.75, 3.05) is 10.6 Å². The first-order valence-electron chi connectivity index (χ1n) is 8.96. The molecule has 160 valence electrons. The van der Waals surface area contributed by atoms with Crippen LogP contribution >= 0.6 is 0 Å². The molecule has 3 heterocycles. The Labute approximate surface area is 166 Å². The molecule has 6 nitrogen and oxygen atoms in total. The number of aromatic nitrogens is 4. The van der Waals surface area contributed by atoms with E-state index < -0.39 is 36.1 Å². The molecule has 2 N–H and O–H groups in total. The Morgan fingerprint density at radius 2 is 1.93 bits per heavy atom. The Hall–Kier alpha value is -3.05. The zero-order valence-corrected chi connectivity index (χ0v) is 15.6. The Morgan fingerprint density at radius 3 is 2.57 bits per heavy atom. The summed E-state index contributed by atoms with van der Waals surface area (Å²) in [6, 6.07) is 1.08. The number of alkyl halides is 5. The molecule has 0 aromatic carbocycles. The van der Waals surface area contributed by atoms with E-state index in [1.54, 1.807) is 6.92 Å². The molecule has 0 unspecified atom stereocenters. The topological polar surface area (TPSA) is 67.7 Å². The summed E-state index contributed by atoms with van der Waals surface area (Å²) in [5, 5.41) is 5.64. The number of halogens is 6. The van der Waals surface area contributed by atoms with Crippen molar-refractivity contribution < 1.29 is 26.3 Å². The monoisotopic (exact) mass is 430 g/mol. The van der Waals surface area contributed by atoms with Crippen LogP contribution in [0.2, 0.25) is 0 Å². The molecule has 0 bridgehead atoms. The van der Waals surface area contributed by atoms with Gasteiger partial charge in [-0.25, -0.2) is 23.1 Å². The summed E-state index contributed by atoms with van der Waals surface area (Å²) in [5.41, 5.74) is -1.27. The van der Waals surface area contributed by atoms with Gasteiger partial charge in [-0.15, -0.1) is 0 Å². The summed E-state index contributed by atoms with van der Waals surface area (Å²) in [6.45, 7) is 1.09. The fourth-order valence-electron chi connectivity index (χ4n) is 3.00. The second kappa shape index (κ2) is 7.03. The molecule has 1 aliphatic rings. The van der Waals surface area contributed by atoms with Crippen molar-refractivity contribution in [3.8, 4) is 0 Å². The third-order valence-electron chi connectivity index (χ3n) is 4.78. The maximum atomic E-state index is 13.7. The molecule has 0 spiro atoms. The van der Waals surface area contributed by atoms with Gasteiger partial charge in [0.05, 0.1) is 18.4 Å². The van der Waals surface area contributed by atoms with E-state index in [0.717, 1.165) is 16.8 Å². The number of hydrogen-bond acceptors (Lipinski definition) is 5. The maximum Gasteiger partial charge on any atom is 0.421 e. The van der Waals surface area contributed by atoms with Gasteiger partial charge in [0.2, 0.25) is 5.95 Å². The van der Waals surface area contributed by atoms with Crippen molar-refractivity contribution in [1.82, 2.24) is 19.5 Å². The van der Waals surface area contributed by atoms with Crippen LogP contribution < -0.4 is 10.6 Å². The van der Waals surface area contributed by atoms with Crippen LogP contribution in [-0.4, -0.2) is 31.5 Å². The zero-order valence-electron chi connectivity index (χ0n) is 15.6. The number of anilines is 3. The van der Waals surface area contributed by atoms with E-state index in [0.29, 0.717) is 19.0 Å². The first-order valence-corrected chi connectivity index (χ1v) is 8.96. The molecule has 4 rings (SSSR count). The van der Waals surface area contributed by atoms with E-state index in [-0.39, 0.29) is 28.5 Å². The Morgan fingerprint density at radius 1 is 1.20 bits per heavy atom. The lowest BCUT2D eigenvalue weighted by atomic mass is 10.2. The minimum Gasteiger partial charge on any atom is -0.364 e. The van der Waals surface area contributed by atoms with Crippen LogP contribution in [0.5, 0.6) is 0 Å². The van der Waals surface area contributed by atoms with E-state index in [1.807, 2.05) is 0 Å². The molecule has 0 radical (unpaired) electrons. The Balaban J connectivity index is 1.72. The van der Waals surface area contributed by atoms with Gasteiger partial charge >= 0.3 is 6.18 Å². The molecule has 1 saturated carbocycles. The molecule has 30 heavy (non-hydrogen) atoms. The summed E-state index contributed by atoms with van der Waals surface area (Å²) in [6.07, 6.45) is -3.15. The van der Waals surface area contributed by atoms with Crippen molar-refractivity contribution in [2.45, 2.75) is 44.5 Å². The molecule has 3 aromatic heterocycles. The van der Waals surface area contributed by atoms with E-state index >= 15 is 0 Å². The van der Waals surface area contributed by atoms with Gasteiger partial charge < -0.3 is 15.2 Å². The van der Waals surface area contributed by atoms with Crippen LogP contribution in [0.25, 0.3) is 11.0 Å². The number of fused-ring (bicyclic) bond motifs is 1. The van der Waals surface area contributed by atoms with Gasteiger partial charge in [-0.05, 0) is 25.8 Å². The van der Waals surface area contributed by atoms with E-state index in [1.165, 1.54) is 6.20 Å². The fraction of sp³-hybridized carbons (Fsp3) is 0.389. The number of pyridine rings is 1. The minimum atomic E-state index is -4.66. The number of nitrogens with zero attached hydrogens (tertiary/aromatic N) is 4. The number of rotatable bonds is 6. The van der Waals surface area contributed by atoms with Gasteiger partial charge in [0.25, 0.3) is 6.43 Å². The molecule has 0 saturated heterocycles. The van der Waals surface area contributed by atoms with E-state index in [4.69, 9.17) is 0 Å². The smallest absolute Gasteiger partial charge is 0.364 e. The average molecular weight is 430 g/mol. The Bertz CT molecular complexity index is 1090. The van der Waals surface area contributed by atoms with E-state index in [9.17, 15) is 26.3 Å². The van der Waals surface area contributed by atoms with Gasteiger partial charge in [-0.2, -0.15) is 18.2 Å². The summed E-state index contributed by atoms with van der Waals surface area (Å²) in [7, 11) is 0. The second-order valence-electron chi connectivity index (χ2n) is 7.38. The molecule has 1 aliphatic carbocycles. The predicted molar refractivity (Wildman–Crippen MR) is 97.3 cm³/mol. The normalized spacial score (nSPS) is 15.6. The van der Waals surface area contributed by atoms with Crippen LogP contribution in [0.4, 0.5) is 43.8 Å². The minimum absolute atomic E-state index is 0.0925. The first kappa shape index (κ1) is 20.2. The molecule has 12 heteroatoms. The van der Waals surface area contributed by atoms with Gasteiger partial charge in [-0.3, -0.25) is 0 Å². The van der Waals surface area contributed by atoms with Gasteiger partial charge in [-0.1, -0.05) is 0 Å². The summed E-state index contributed by atoms with van der Waals surface area (Å²) < 4.78 is 80.4. The SMILES string of the molecule is CC1(Nc2nc(Nc3cn(CC(F)F)c4ncc(F)cc34)ncc2C(F)(F)F)CC1. The third-order valence-corrected chi connectivity index (χ3v) is 4.78. The summed E-state index contributed by atoms with van der Waals surface area (Å²) in [4.78, 5) is 11.5. The maximum absolute atomic E-state index is 13.7. The van der Waals surface area contributed by atoms with Crippen LogP contribution in [0, 0.1) is 5.82 Å². The quantitative estimate of drug-likeness (QED) is 0.542.